The SMILES string of the molecule is c1ccc(-c2cc(-c3cccc4c3sc3c4ccc4c3c3ccc(-c5cccc6c5oc5ccccc56)cc3n4-c3ccccc3)cc(-c3ccccc3)n2)cc1. The molecule has 12 rings (SSSR count). The van der Waals surface area contributed by atoms with Gasteiger partial charge in [-0.25, -0.2) is 4.98 Å². The standard InChI is InChI=1S/C53H32N2OS/c1-4-14-33(15-5-1)45-30-36(31-46(54-45)34-16-6-2-7-17-34)39-22-13-24-42-43-28-29-47-50(53(43)57-52(39)42)44-27-26-35(32-48(44)55(47)37-18-8-3-9-19-37)38-21-12-23-41-40-20-10-11-25-49(40)56-51(38)41/h1-32H. The van der Waals surface area contributed by atoms with Crippen molar-refractivity contribution in [2.45, 2.75) is 0 Å². The molecule has 12 aromatic rings. The van der Waals surface area contributed by atoms with Gasteiger partial charge in [-0.3, -0.25) is 0 Å². The first kappa shape index (κ1) is 32.0. The molecule has 0 aliphatic heterocycles. The Bertz CT molecular complexity index is 3450. The third kappa shape index (κ3) is 5.01. The number of fused-ring (bicyclic) bond motifs is 10. The summed E-state index contributed by atoms with van der Waals surface area (Å²) in [6, 6.07) is 69.4. The molecule has 0 fully saturated rings. The smallest absolute Gasteiger partial charge is 0.143 e. The van der Waals surface area contributed by atoms with E-state index < -0.39 is 0 Å². The number of hydrogen-bond donors (Lipinski definition) is 0. The van der Waals surface area contributed by atoms with E-state index in [9.17, 15) is 0 Å². The lowest BCUT2D eigenvalue weighted by Crippen LogP contribution is -1.93. The molecule has 0 unspecified atom stereocenters. The van der Waals surface area contributed by atoms with E-state index >= 15 is 0 Å². The highest BCUT2D eigenvalue weighted by molar-refractivity contribution is 7.27. The zero-order valence-electron chi connectivity index (χ0n) is 30.7. The summed E-state index contributed by atoms with van der Waals surface area (Å²) < 4.78 is 11.5. The molecule has 0 aliphatic rings. The highest BCUT2D eigenvalue weighted by Crippen LogP contribution is 2.47. The third-order valence-corrected chi connectivity index (χ3v) is 12.7. The molecule has 8 aromatic carbocycles. The monoisotopic (exact) mass is 744 g/mol. The van der Waals surface area contributed by atoms with Crippen molar-refractivity contribution in [3.05, 3.63) is 194 Å². The van der Waals surface area contributed by atoms with Crippen LogP contribution in [0.1, 0.15) is 0 Å². The molecule has 0 spiro atoms. The fourth-order valence-electron chi connectivity index (χ4n) is 8.78. The molecule has 0 amide bonds. The number of rotatable bonds is 5. The zero-order chi connectivity index (χ0) is 37.5. The lowest BCUT2D eigenvalue weighted by Gasteiger charge is -2.11. The molecule has 0 aliphatic carbocycles. The van der Waals surface area contributed by atoms with Crippen LogP contribution in [-0.4, -0.2) is 9.55 Å². The number of furan rings is 1. The van der Waals surface area contributed by atoms with Gasteiger partial charge in [-0.15, -0.1) is 11.3 Å². The average Bonchev–Trinajstić information content (AvgIpc) is 3.96. The molecule has 4 aromatic heterocycles. The number of para-hydroxylation sites is 3. The maximum absolute atomic E-state index is 6.52. The summed E-state index contributed by atoms with van der Waals surface area (Å²) in [6.07, 6.45) is 0. The minimum absolute atomic E-state index is 0.908. The van der Waals surface area contributed by atoms with Crippen LogP contribution in [0.15, 0.2) is 199 Å². The van der Waals surface area contributed by atoms with Crippen LogP contribution in [0.25, 0.3) is 114 Å². The molecule has 0 saturated heterocycles. The lowest BCUT2D eigenvalue weighted by atomic mass is 9.98. The van der Waals surface area contributed by atoms with Gasteiger partial charge in [-0.05, 0) is 59.2 Å². The summed E-state index contributed by atoms with van der Waals surface area (Å²) in [7, 11) is 0. The molecule has 4 heteroatoms. The van der Waals surface area contributed by atoms with Crippen LogP contribution in [0.5, 0.6) is 0 Å². The molecule has 0 bridgehead atoms. The summed E-state index contributed by atoms with van der Waals surface area (Å²) in [5.41, 5.74) is 14.1. The highest BCUT2D eigenvalue weighted by Gasteiger charge is 2.21. The van der Waals surface area contributed by atoms with Crippen molar-refractivity contribution in [1.82, 2.24) is 9.55 Å². The number of aromatic nitrogens is 2. The summed E-state index contributed by atoms with van der Waals surface area (Å²) in [5.74, 6) is 0. The van der Waals surface area contributed by atoms with E-state index in [0.717, 1.165) is 66.8 Å². The molecule has 0 radical (unpaired) electrons. The highest BCUT2D eigenvalue weighted by atomic mass is 32.1. The number of benzene rings is 8. The maximum Gasteiger partial charge on any atom is 0.143 e. The van der Waals surface area contributed by atoms with E-state index in [1.54, 1.807) is 0 Å². The van der Waals surface area contributed by atoms with Crippen molar-refractivity contribution in [3.8, 4) is 50.5 Å². The Kier molecular flexibility index (Phi) is 7.10. The van der Waals surface area contributed by atoms with Gasteiger partial charge in [0.2, 0.25) is 0 Å². The van der Waals surface area contributed by atoms with Crippen molar-refractivity contribution in [3.63, 3.8) is 0 Å². The van der Waals surface area contributed by atoms with Crippen LogP contribution in [0.4, 0.5) is 0 Å². The number of pyridine rings is 1. The van der Waals surface area contributed by atoms with Crippen LogP contribution in [-0.2, 0) is 0 Å². The fourth-order valence-corrected chi connectivity index (χ4v) is 10.2. The van der Waals surface area contributed by atoms with Crippen LogP contribution in [0, 0.1) is 0 Å². The minimum Gasteiger partial charge on any atom is -0.455 e. The van der Waals surface area contributed by atoms with Gasteiger partial charge < -0.3 is 8.98 Å². The van der Waals surface area contributed by atoms with Gasteiger partial charge >= 0.3 is 0 Å². The number of nitrogens with zero attached hydrogens (tertiary/aromatic N) is 2. The van der Waals surface area contributed by atoms with Gasteiger partial charge in [-0.2, -0.15) is 0 Å². The van der Waals surface area contributed by atoms with E-state index in [1.165, 1.54) is 47.5 Å². The average molecular weight is 745 g/mol. The Labute approximate surface area is 332 Å². The Morgan fingerprint density at radius 3 is 1.77 bits per heavy atom. The zero-order valence-corrected chi connectivity index (χ0v) is 31.5. The molecular weight excluding hydrogens is 713 g/mol. The quantitative estimate of drug-likeness (QED) is 0.176. The molecule has 3 nitrogen and oxygen atoms in total. The normalized spacial score (nSPS) is 11.9. The first-order valence-corrected chi connectivity index (χ1v) is 20.1. The van der Waals surface area contributed by atoms with Gasteiger partial charge in [-0.1, -0.05) is 152 Å². The first-order valence-electron chi connectivity index (χ1n) is 19.3. The maximum atomic E-state index is 6.52. The van der Waals surface area contributed by atoms with Crippen LogP contribution in [0.3, 0.4) is 0 Å². The van der Waals surface area contributed by atoms with Crippen molar-refractivity contribution < 1.29 is 4.42 Å². The molecule has 0 saturated carbocycles. The minimum atomic E-state index is 0.908. The van der Waals surface area contributed by atoms with E-state index in [-0.39, 0.29) is 0 Å². The van der Waals surface area contributed by atoms with Gasteiger partial charge in [0.05, 0.1) is 22.4 Å². The Balaban J connectivity index is 1.11. The Hall–Kier alpha value is -7.27. The molecule has 266 valence electrons. The predicted octanol–water partition coefficient (Wildman–Crippen LogP) is 15.1. The van der Waals surface area contributed by atoms with Crippen LogP contribution >= 0.6 is 11.3 Å². The first-order chi connectivity index (χ1) is 28.3. The van der Waals surface area contributed by atoms with Crippen molar-refractivity contribution in [2.24, 2.45) is 0 Å². The van der Waals surface area contributed by atoms with Crippen molar-refractivity contribution >= 4 is 75.3 Å². The fraction of sp³-hybridized carbons (Fsp3) is 0. The molecule has 57 heavy (non-hydrogen) atoms. The molecular formula is C53H32N2OS. The van der Waals surface area contributed by atoms with Crippen LogP contribution in [0.2, 0.25) is 0 Å². The summed E-state index contributed by atoms with van der Waals surface area (Å²) in [6.45, 7) is 0. The van der Waals surface area contributed by atoms with Gasteiger partial charge in [0, 0.05) is 64.1 Å². The topological polar surface area (TPSA) is 31.0 Å². The lowest BCUT2D eigenvalue weighted by molar-refractivity contribution is 0.670. The van der Waals surface area contributed by atoms with Gasteiger partial charge in [0.15, 0.2) is 0 Å². The summed E-state index contributed by atoms with van der Waals surface area (Å²) in [5, 5.41) is 7.32. The van der Waals surface area contributed by atoms with E-state index in [0.29, 0.717) is 0 Å². The third-order valence-electron chi connectivity index (χ3n) is 11.4. The second-order valence-corrected chi connectivity index (χ2v) is 15.7. The Morgan fingerprint density at radius 2 is 1.02 bits per heavy atom. The number of hydrogen-bond acceptors (Lipinski definition) is 3. The van der Waals surface area contributed by atoms with Gasteiger partial charge in [0.1, 0.15) is 11.2 Å². The predicted molar refractivity (Wildman–Crippen MR) is 240 cm³/mol. The number of thiophene rings is 1. The largest absolute Gasteiger partial charge is 0.455 e. The van der Waals surface area contributed by atoms with E-state index in [2.05, 4.69) is 193 Å². The Morgan fingerprint density at radius 1 is 0.404 bits per heavy atom. The molecule has 0 atom stereocenters. The van der Waals surface area contributed by atoms with Crippen molar-refractivity contribution in [2.75, 3.05) is 0 Å². The van der Waals surface area contributed by atoms with E-state index in [4.69, 9.17) is 9.40 Å². The molecule has 4 heterocycles. The summed E-state index contributed by atoms with van der Waals surface area (Å²) >= 11 is 1.90. The van der Waals surface area contributed by atoms with Crippen LogP contribution < -0.4 is 0 Å². The second-order valence-electron chi connectivity index (χ2n) is 14.7. The second kappa shape index (κ2) is 12.6. The van der Waals surface area contributed by atoms with E-state index in [1.807, 2.05) is 17.4 Å². The van der Waals surface area contributed by atoms with Crippen molar-refractivity contribution in [1.29, 1.82) is 0 Å². The molecule has 0 N–H and O–H groups in total. The summed E-state index contributed by atoms with van der Waals surface area (Å²) in [4.78, 5) is 5.18. The van der Waals surface area contributed by atoms with Gasteiger partial charge in [0.25, 0.3) is 0 Å².